The van der Waals surface area contributed by atoms with Crippen LogP contribution in [-0.4, -0.2) is 23.0 Å². The Bertz CT molecular complexity index is 304. The number of benzene rings is 1. The molecule has 78 valence electrons. The van der Waals surface area contributed by atoms with E-state index in [0.717, 1.165) is 4.90 Å². The van der Waals surface area contributed by atoms with Crippen LogP contribution in [-0.2, 0) is 0 Å². The van der Waals surface area contributed by atoms with Crippen molar-refractivity contribution in [3.05, 3.63) is 30.1 Å². The number of hydrogen-bond acceptors (Lipinski definition) is 3. The molecule has 0 aliphatic rings. The van der Waals surface area contributed by atoms with Gasteiger partial charge in [-0.15, -0.1) is 11.8 Å². The highest BCUT2D eigenvalue weighted by Gasteiger charge is 2.17. The van der Waals surface area contributed by atoms with Crippen LogP contribution in [0.3, 0.4) is 0 Å². The number of halogens is 1. The normalized spacial score (nSPS) is 15.1. The van der Waals surface area contributed by atoms with Crippen molar-refractivity contribution in [3.63, 3.8) is 0 Å². The Labute approximate surface area is 87.3 Å². The maximum Gasteiger partial charge on any atom is 0.124 e. The second-order valence-electron chi connectivity index (χ2n) is 3.45. The lowest BCUT2D eigenvalue weighted by molar-refractivity contribution is 0.0949. The van der Waals surface area contributed by atoms with Gasteiger partial charge in [0.15, 0.2) is 0 Å². The highest BCUT2D eigenvalue weighted by molar-refractivity contribution is 7.99. The molecule has 0 amide bonds. The SMILES string of the molecule is CC(O)(CN)CSc1cccc(F)c1. The summed E-state index contributed by atoms with van der Waals surface area (Å²) in [5.41, 5.74) is 4.47. The molecule has 0 spiro atoms. The highest BCUT2D eigenvalue weighted by atomic mass is 32.2. The van der Waals surface area contributed by atoms with E-state index >= 15 is 0 Å². The Morgan fingerprint density at radius 2 is 2.29 bits per heavy atom. The summed E-state index contributed by atoms with van der Waals surface area (Å²) in [5.74, 6) is 0.204. The van der Waals surface area contributed by atoms with Crippen LogP contribution in [0.1, 0.15) is 6.92 Å². The molecular formula is C10H14FNOS. The number of hydrogen-bond donors (Lipinski definition) is 2. The van der Waals surface area contributed by atoms with Crippen LogP contribution in [0.25, 0.3) is 0 Å². The maximum absolute atomic E-state index is 12.8. The molecule has 0 aliphatic heterocycles. The van der Waals surface area contributed by atoms with Gasteiger partial charge in [0.2, 0.25) is 0 Å². The Morgan fingerprint density at radius 1 is 1.57 bits per heavy atom. The third kappa shape index (κ3) is 3.65. The molecule has 0 radical (unpaired) electrons. The van der Waals surface area contributed by atoms with Gasteiger partial charge in [-0.05, 0) is 25.1 Å². The predicted molar refractivity (Wildman–Crippen MR) is 56.8 cm³/mol. The van der Waals surface area contributed by atoms with E-state index in [2.05, 4.69) is 0 Å². The molecule has 0 saturated heterocycles. The Hall–Kier alpha value is -0.580. The largest absolute Gasteiger partial charge is 0.388 e. The molecular weight excluding hydrogens is 201 g/mol. The number of thioether (sulfide) groups is 1. The second-order valence-corrected chi connectivity index (χ2v) is 4.50. The fourth-order valence-electron chi connectivity index (χ4n) is 0.855. The van der Waals surface area contributed by atoms with Crippen LogP contribution in [0.4, 0.5) is 4.39 Å². The summed E-state index contributed by atoms with van der Waals surface area (Å²) in [6.07, 6.45) is 0. The van der Waals surface area contributed by atoms with E-state index in [1.807, 2.05) is 0 Å². The smallest absolute Gasteiger partial charge is 0.124 e. The molecule has 0 heterocycles. The first kappa shape index (κ1) is 11.5. The van der Waals surface area contributed by atoms with Crippen molar-refractivity contribution < 1.29 is 9.50 Å². The van der Waals surface area contributed by atoms with Gasteiger partial charge in [-0.3, -0.25) is 0 Å². The molecule has 1 rings (SSSR count). The minimum atomic E-state index is -0.892. The van der Waals surface area contributed by atoms with Crippen LogP contribution in [0.15, 0.2) is 29.2 Å². The topological polar surface area (TPSA) is 46.2 Å². The summed E-state index contributed by atoms with van der Waals surface area (Å²) >= 11 is 1.40. The standard InChI is InChI=1S/C10H14FNOS/c1-10(13,6-12)7-14-9-4-2-3-8(11)5-9/h2-5,13H,6-7,12H2,1H3. The molecule has 1 unspecified atom stereocenters. The molecule has 1 atom stereocenters. The van der Waals surface area contributed by atoms with Gasteiger partial charge in [0.05, 0.1) is 5.60 Å². The van der Waals surface area contributed by atoms with E-state index in [4.69, 9.17) is 5.73 Å². The van der Waals surface area contributed by atoms with E-state index in [1.165, 1.54) is 23.9 Å². The molecule has 14 heavy (non-hydrogen) atoms. The fourth-order valence-corrected chi connectivity index (χ4v) is 1.82. The zero-order chi connectivity index (χ0) is 10.6. The Kier molecular flexibility index (Phi) is 3.92. The van der Waals surface area contributed by atoms with Crippen LogP contribution in [0.2, 0.25) is 0 Å². The van der Waals surface area contributed by atoms with E-state index < -0.39 is 5.60 Å². The molecule has 0 saturated carbocycles. The summed E-state index contributed by atoms with van der Waals surface area (Å²) in [5, 5.41) is 9.61. The minimum absolute atomic E-state index is 0.204. The van der Waals surface area contributed by atoms with Gasteiger partial charge in [-0.1, -0.05) is 6.07 Å². The van der Waals surface area contributed by atoms with Crippen molar-refractivity contribution in [2.75, 3.05) is 12.3 Å². The van der Waals surface area contributed by atoms with E-state index in [0.29, 0.717) is 5.75 Å². The lowest BCUT2D eigenvalue weighted by Gasteiger charge is -2.20. The number of aliphatic hydroxyl groups is 1. The van der Waals surface area contributed by atoms with Gasteiger partial charge in [0, 0.05) is 17.2 Å². The molecule has 2 nitrogen and oxygen atoms in total. The van der Waals surface area contributed by atoms with Crippen molar-refractivity contribution in [3.8, 4) is 0 Å². The van der Waals surface area contributed by atoms with Crippen LogP contribution < -0.4 is 5.73 Å². The lowest BCUT2D eigenvalue weighted by Crippen LogP contribution is -2.36. The van der Waals surface area contributed by atoms with Crippen LogP contribution >= 0.6 is 11.8 Å². The van der Waals surface area contributed by atoms with E-state index in [9.17, 15) is 9.50 Å². The van der Waals surface area contributed by atoms with Crippen molar-refractivity contribution in [1.29, 1.82) is 0 Å². The highest BCUT2D eigenvalue weighted by Crippen LogP contribution is 2.22. The second kappa shape index (κ2) is 4.77. The first-order valence-electron chi connectivity index (χ1n) is 4.34. The third-order valence-electron chi connectivity index (χ3n) is 1.79. The molecule has 0 aromatic heterocycles. The first-order chi connectivity index (χ1) is 6.53. The summed E-state index contributed by atoms with van der Waals surface area (Å²) in [6, 6.07) is 6.29. The zero-order valence-electron chi connectivity index (χ0n) is 8.03. The summed E-state index contributed by atoms with van der Waals surface area (Å²) < 4.78 is 12.8. The van der Waals surface area contributed by atoms with E-state index in [1.54, 1.807) is 19.1 Å². The lowest BCUT2D eigenvalue weighted by atomic mass is 10.1. The monoisotopic (exact) mass is 215 g/mol. The zero-order valence-corrected chi connectivity index (χ0v) is 8.85. The molecule has 3 N–H and O–H groups in total. The van der Waals surface area contributed by atoms with Gasteiger partial charge < -0.3 is 10.8 Å². The number of rotatable bonds is 4. The molecule has 0 bridgehead atoms. The van der Waals surface area contributed by atoms with Gasteiger partial charge in [-0.25, -0.2) is 4.39 Å². The Morgan fingerprint density at radius 3 is 2.86 bits per heavy atom. The molecule has 4 heteroatoms. The molecule has 1 aromatic rings. The maximum atomic E-state index is 12.8. The first-order valence-corrected chi connectivity index (χ1v) is 5.33. The van der Waals surface area contributed by atoms with Gasteiger partial charge >= 0.3 is 0 Å². The number of nitrogens with two attached hydrogens (primary N) is 1. The minimum Gasteiger partial charge on any atom is -0.388 e. The van der Waals surface area contributed by atoms with Gasteiger partial charge in [-0.2, -0.15) is 0 Å². The van der Waals surface area contributed by atoms with E-state index in [-0.39, 0.29) is 12.4 Å². The van der Waals surface area contributed by atoms with Gasteiger partial charge in [0.25, 0.3) is 0 Å². The van der Waals surface area contributed by atoms with Crippen molar-refractivity contribution in [1.82, 2.24) is 0 Å². The van der Waals surface area contributed by atoms with Crippen molar-refractivity contribution >= 4 is 11.8 Å². The average Bonchev–Trinajstić information content (AvgIpc) is 2.15. The summed E-state index contributed by atoms with van der Waals surface area (Å²) in [4.78, 5) is 0.804. The van der Waals surface area contributed by atoms with Crippen LogP contribution in [0, 0.1) is 5.82 Å². The fraction of sp³-hybridized carbons (Fsp3) is 0.400. The summed E-state index contributed by atoms with van der Waals surface area (Å²) in [6.45, 7) is 1.87. The third-order valence-corrected chi connectivity index (χ3v) is 3.14. The van der Waals surface area contributed by atoms with Crippen molar-refractivity contribution in [2.45, 2.75) is 17.4 Å². The quantitative estimate of drug-likeness (QED) is 0.750. The average molecular weight is 215 g/mol. The van der Waals surface area contributed by atoms with Crippen molar-refractivity contribution in [2.24, 2.45) is 5.73 Å². The molecule has 1 aromatic carbocycles. The summed E-state index contributed by atoms with van der Waals surface area (Å²) in [7, 11) is 0. The Balaban J connectivity index is 2.54. The van der Waals surface area contributed by atoms with Gasteiger partial charge in [0.1, 0.15) is 5.82 Å². The van der Waals surface area contributed by atoms with Crippen LogP contribution in [0.5, 0.6) is 0 Å². The molecule has 0 fully saturated rings. The predicted octanol–water partition coefficient (Wildman–Crippen LogP) is 1.63. The molecule has 0 aliphatic carbocycles.